The molecule has 0 radical (unpaired) electrons. The van der Waals surface area contributed by atoms with Crippen molar-refractivity contribution in [3.63, 3.8) is 0 Å². The van der Waals surface area contributed by atoms with Gasteiger partial charge in [0.1, 0.15) is 0 Å². The fourth-order valence-corrected chi connectivity index (χ4v) is 3.44. The second kappa shape index (κ2) is 5.31. The largest absolute Gasteiger partial charge is 0.298 e. The van der Waals surface area contributed by atoms with E-state index in [1.165, 1.54) is 17.7 Å². The van der Waals surface area contributed by atoms with Crippen LogP contribution >= 0.6 is 22.9 Å². The van der Waals surface area contributed by atoms with Crippen LogP contribution in [0.5, 0.6) is 0 Å². The number of benzene rings is 1. The molecule has 3 nitrogen and oxygen atoms in total. The molecule has 0 atom stereocenters. The van der Waals surface area contributed by atoms with Crippen LogP contribution in [0.4, 0.5) is 5.13 Å². The summed E-state index contributed by atoms with van der Waals surface area (Å²) in [5.41, 5.74) is 1.71. The highest BCUT2D eigenvalue weighted by molar-refractivity contribution is 7.15. The fraction of sp³-hybridized carbons (Fsp3) is 0.286. The zero-order valence-electron chi connectivity index (χ0n) is 10.3. The summed E-state index contributed by atoms with van der Waals surface area (Å²) in [6.45, 7) is 0. The van der Waals surface area contributed by atoms with E-state index < -0.39 is 0 Å². The third-order valence-electron chi connectivity index (χ3n) is 3.15. The molecule has 1 N–H and O–H groups in total. The van der Waals surface area contributed by atoms with E-state index in [1.54, 1.807) is 35.6 Å². The molecule has 0 spiro atoms. The molecule has 2 aromatic rings. The Morgan fingerprint density at radius 1 is 1.32 bits per heavy atom. The molecule has 0 saturated heterocycles. The van der Waals surface area contributed by atoms with Crippen LogP contribution in [-0.4, -0.2) is 10.9 Å². The second-order valence-electron chi connectivity index (χ2n) is 4.56. The minimum atomic E-state index is -0.159. The molecular formula is C14H13ClN2OS. The van der Waals surface area contributed by atoms with E-state index in [1.807, 2.05) is 0 Å². The molecule has 98 valence electrons. The summed E-state index contributed by atoms with van der Waals surface area (Å²) < 4.78 is 0. The van der Waals surface area contributed by atoms with Gasteiger partial charge in [-0.15, -0.1) is 11.3 Å². The van der Waals surface area contributed by atoms with Gasteiger partial charge < -0.3 is 0 Å². The average molecular weight is 293 g/mol. The Balaban J connectivity index is 1.77. The Morgan fingerprint density at radius 3 is 2.95 bits per heavy atom. The van der Waals surface area contributed by atoms with Crippen LogP contribution in [-0.2, 0) is 12.8 Å². The number of aryl methyl sites for hydroxylation is 2. The molecule has 3 rings (SSSR count). The molecular weight excluding hydrogens is 280 g/mol. The number of rotatable bonds is 2. The number of thiazole rings is 1. The van der Waals surface area contributed by atoms with Gasteiger partial charge in [-0.3, -0.25) is 10.1 Å². The first-order valence-corrected chi connectivity index (χ1v) is 7.47. The standard InChI is InChI=1S/C14H13ClN2OS/c15-10-5-3-4-9(8-10)13(18)17-14-16-11-6-1-2-7-12(11)19-14/h3-5,8H,1-2,6-7H2,(H,16,17,18). The predicted molar refractivity (Wildman–Crippen MR) is 78.2 cm³/mol. The minimum absolute atomic E-state index is 0.159. The highest BCUT2D eigenvalue weighted by Crippen LogP contribution is 2.29. The zero-order valence-corrected chi connectivity index (χ0v) is 11.9. The van der Waals surface area contributed by atoms with Crippen LogP contribution < -0.4 is 5.32 Å². The van der Waals surface area contributed by atoms with Crippen molar-refractivity contribution in [1.82, 2.24) is 4.98 Å². The molecule has 0 bridgehead atoms. The van der Waals surface area contributed by atoms with Gasteiger partial charge in [-0.05, 0) is 43.9 Å². The van der Waals surface area contributed by atoms with E-state index in [2.05, 4.69) is 10.3 Å². The van der Waals surface area contributed by atoms with Crippen molar-refractivity contribution < 1.29 is 4.79 Å². The van der Waals surface area contributed by atoms with Crippen molar-refractivity contribution in [1.29, 1.82) is 0 Å². The zero-order chi connectivity index (χ0) is 13.2. The fourth-order valence-electron chi connectivity index (χ4n) is 2.20. The lowest BCUT2D eigenvalue weighted by molar-refractivity contribution is 0.102. The van der Waals surface area contributed by atoms with E-state index in [9.17, 15) is 4.79 Å². The van der Waals surface area contributed by atoms with Gasteiger partial charge in [0.15, 0.2) is 5.13 Å². The minimum Gasteiger partial charge on any atom is -0.298 e. The molecule has 1 heterocycles. The third-order valence-corrected chi connectivity index (χ3v) is 4.46. The van der Waals surface area contributed by atoms with Crippen LogP contribution in [0.15, 0.2) is 24.3 Å². The number of hydrogen-bond acceptors (Lipinski definition) is 3. The van der Waals surface area contributed by atoms with Gasteiger partial charge in [-0.1, -0.05) is 17.7 Å². The maximum absolute atomic E-state index is 12.1. The van der Waals surface area contributed by atoms with Crippen LogP contribution in [0, 0.1) is 0 Å². The van der Waals surface area contributed by atoms with E-state index in [-0.39, 0.29) is 5.91 Å². The molecule has 19 heavy (non-hydrogen) atoms. The van der Waals surface area contributed by atoms with Crippen molar-refractivity contribution in [2.24, 2.45) is 0 Å². The quantitative estimate of drug-likeness (QED) is 0.911. The molecule has 1 aliphatic rings. The lowest BCUT2D eigenvalue weighted by Gasteiger charge is -2.06. The Hall–Kier alpha value is -1.39. The van der Waals surface area contributed by atoms with Crippen molar-refractivity contribution in [2.75, 3.05) is 5.32 Å². The summed E-state index contributed by atoms with van der Waals surface area (Å²) in [5.74, 6) is -0.159. The second-order valence-corrected chi connectivity index (χ2v) is 6.08. The molecule has 1 aliphatic carbocycles. The molecule has 5 heteroatoms. The van der Waals surface area contributed by atoms with Crippen LogP contribution in [0.1, 0.15) is 33.8 Å². The van der Waals surface area contributed by atoms with E-state index in [4.69, 9.17) is 11.6 Å². The van der Waals surface area contributed by atoms with E-state index in [0.717, 1.165) is 18.5 Å². The molecule has 0 saturated carbocycles. The number of nitrogens with one attached hydrogen (secondary N) is 1. The third kappa shape index (κ3) is 2.80. The van der Waals surface area contributed by atoms with Gasteiger partial charge in [0.25, 0.3) is 5.91 Å². The topological polar surface area (TPSA) is 42.0 Å². The number of fused-ring (bicyclic) bond motifs is 1. The number of anilines is 1. The summed E-state index contributed by atoms with van der Waals surface area (Å²) in [6.07, 6.45) is 4.52. The van der Waals surface area contributed by atoms with Crippen molar-refractivity contribution in [2.45, 2.75) is 25.7 Å². The lowest BCUT2D eigenvalue weighted by atomic mass is 10.0. The molecule has 1 aromatic heterocycles. The lowest BCUT2D eigenvalue weighted by Crippen LogP contribution is -2.11. The maximum Gasteiger partial charge on any atom is 0.257 e. The molecule has 0 aliphatic heterocycles. The normalized spacial score (nSPS) is 13.9. The Morgan fingerprint density at radius 2 is 2.16 bits per heavy atom. The summed E-state index contributed by atoms with van der Waals surface area (Å²) in [4.78, 5) is 17.9. The smallest absolute Gasteiger partial charge is 0.257 e. The first-order valence-electron chi connectivity index (χ1n) is 6.28. The van der Waals surface area contributed by atoms with Gasteiger partial charge in [0.05, 0.1) is 5.69 Å². The van der Waals surface area contributed by atoms with Gasteiger partial charge >= 0.3 is 0 Å². The number of halogens is 1. The number of aromatic nitrogens is 1. The van der Waals surface area contributed by atoms with Gasteiger partial charge in [-0.25, -0.2) is 4.98 Å². The number of nitrogens with zero attached hydrogens (tertiary/aromatic N) is 1. The Kier molecular flexibility index (Phi) is 3.53. The average Bonchev–Trinajstić information content (AvgIpc) is 2.80. The molecule has 0 fully saturated rings. The van der Waals surface area contributed by atoms with Gasteiger partial charge in [0, 0.05) is 15.5 Å². The van der Waals surface area contributed by atoms with Crippen LogP contribution in [0.3, 0.4) is 0 Å². The first-order chi connectivity index (χ1) is 9.22. The van der Waals surface area contributed by atoms with Crippen molar-refractivity contribution >= 4 is 34.0 Å². The van der Waals surface area contributed by atoms with E-state index >= 15 is 0 Å². The van der Waals surface area contributed by atoms with Crippen LogP contribution in [0.25, 0.3) is 0 Å². The summed E-state index contributed by atoms with van der Waals surface area (Å²) in [7, 11) is 0. The Bertz CT molecular complexity index is 600. The molecule has 1 aromatic carbocycles. The summed E-state index contributed by atoms with van der Waals surface area (Å²) in [6, 6.07) is 6.92. The number of amides is 1. The number of carbonyl (C=O) groups excluding carboxylic acids is 1. The summed E-state index contributed by atoms with van der Waals surface area (Å²) >= 11 is 7.47. The summed E-state index contributed by atoms with van der Waals surface area (Å²) in [5, 5.41) is 4.11. The molecule has 0 unspecified atom stereocenters. The van der Waals surface area contributed by atoms with Gasteiger partial charge in [-0.2, -0.15) is 0 Å². The van der Waals surface area contributed by atoms with Crippen molar-refractivity contribution in [3.8, 4) is 0 Å². The van der Waals surface area contributed by atoms with Crippen LogP contribution in [0.2, 0.25) is 5.02 Å². The van der Waals surface area contributed by atoms with E-state index in [0.29, 0.717) is 15.7 Å². The Labute approximate surface area is 120 Å². The number of hydrogen-bond donors (Lipinski definition) is 1. The van der Waals surface area contributed by atoms with Crippen molar-refractivity contribution in [3.05, 3.63) is 45.4 Å². The SMILES string of the molecule is O=C(Nc1nc2c(s1)CCCC2)c1cccc(Cl)c1. The molecule has 1 amide bonds. The monoisotopic (exact) mass is 292 g/mol. The maximum atomic E-state index is 12.1. The number of carbonyl (C=O) groups is 1. The highest BCUT2D eigenvalue weighted by atomic mass is 35.5. The van der Waals surface area contributed by atoms with Gasteiger partial charge in [0.2, 0.25) is 0 Å². The highest BCUT2D eigenvalue weighted by Gasteiger charge is 2.16. The first kappa shape index (κ1) is 12.6. The predicted octanol–water partition coefficient (Wildman–Crippen LogP) is 3.93.